The fourth-order valence-electron chi connectivity index (χ4n) is 2.10. The van der Waals surface area contributed by atoms with Gasteiger partial charge in [-0.15, -0.1) is 0 Å². The molecular formula is C14H10BrN3O. The summed E-state index contributed by atoms with van der Waals surface area (Å²) in [6.45, 7) is 1.94. The Morgan fingerprint density at radius 2 is 2.05 bits per heavy atom. The lowest BCUT2D eigenvalue weighted by Crippen LogP contribution is -2.06. The standard InChI is InChI=1S/C14H10BrN3O/c1-8-12(5-9(15)6-16-8)10-3-2-4-11-13(10)17-7-18-14(11)19/h2-7H,1H3,(H,17,18,19). The summed E-state index contributed by atoms with van der Waals surface area (Å²) in [7, 11) is 0. The topological polar surface area (TPSA) is 58.6 Å². The van der Waals surface area contributed by atoms with Crippen LogP contribution >= 0.6 is 15.9 Å². The number of para-hydroxylation sites is 1. The molecule has 0 amide bonds. The van der Waals surface area contributed by atoms with Crippen molar-refractivity contribution in [2.24, 2.45) is 0 Å². The second-order valence-corrected chi connectivity index (χ2v) is 5.14. The SMILES string of the molecule is Cc1ncc(Br)cc1-c1cccc2c(=O)[nH]cnc12. The van der Waals surface area contributed by atoms with Crippen molar-refractivity contribution < 1.29 is 0 Å². The molecule has 0 aliphatic carbocycles. The van der Waals surface area contributed by atoms with E-state index in [1.54, 1.807) is 12.3 Å². The van der Waals surface area contributed by atoms with Gasteiger partial charge in [-0.3, -0.25) is 9.78 Å². The van der Waals surface area contributed by atoms with Gasteiger partial charge in [0.1, 0.15) is 0 Å². The number of pyridine rings is 1. The number of rotatable bonds is 1. The van der Waals surface area contributed by atoms with Crippen molar-refractivity contribution in [1.82, 2.24) is 15.0 Å². The third-order valence-corrected chi connectivity index (χ3v) is 3.45. The average molecular weight is 316 g/mol. The smallest absolute Gasteiger partial charge is 0.258 e. The Morgan fingerprint density at radius 3 is 2.89 bits per heavy atom. The van der Waals surface area contributed by atoms with Gasteiger partial charge in [-0.25, -0.2) is 4.98 Å². The maximum absolute atomic E-state index is 11.8. The zero-order chi connectivity index (χ0) is 13.4. The van der Waals surface area contributed by atoms with Crippen LogP contribution in [0, 0.1) is 6.92 Å². The third kappa shape index (κ3) is 2.06. The van der Waals surface area contributed by atoms with Gasteiger partial charge in [0, 0.05) is 27.5 Å². The Labute approximate surface area is 117 Å². The number of aryl methyl sites for hydroxylation is 1. The van der Waals surface area contributed by atoms with Gasteiger partial charge in [0.25, 0.3) is 5.56 Å². The van der Waals surface area contributed by atoms with Gasteiger partial charge in [0.15, 0.2) is 0 Å². The van der Waals surface area contributed by atoms with E-state index in [9.17, 15) is 4.79 Å². The lowest BCUT2D eigenvalue weighted by atomic mass is 10.0. The van der Waals surface area contributed by atoms with Crippen molar-refractivity contribution in [2.45, 2.75) is 6.92 Å². The van der Waals surface area contributed by atoms with E-state index in [2.05, 4.69) is 30.9 Å². The number of H-pyrrole nitrogens is 1. The summed E-state index contributed by atoms with van der Waals surface area (Å²) >= 11 is 3.42. The van der Waals surface area contributed by atoms with Gasteiger partial charge < -0.3 is 4.98 Å². The summed E-state index contributed by atoms with van der Waals surface area (Å²) in [5, 5.41) is 0.583. The van der Waals surface area contributed by atoms with Crippen LogP contribution in [0.2, 0.25) is 0 Å². The van der Waals surface area contributed by atoms with Gasteiger partial charge >= 0.3 is 0 Å². The monoisotopic (exact) mass is 315 g/mol. The zero-order valence-corrected chi connectivity index (χ0v) is 11.7. The lowest BCUT2D eigenvalue weighted by Gasteiger charge is -2.08. The van der Waals surface area contributed by atoms with Crippen LogP contribution in [-0.2, 0) is 0 Å². The molecule has 0 bridgehead atoms. The van der Waals surface area contributed by atoms with Crippen LogP contribution in [0.3, 0.4) is 0 Å². The lowest BCUT2D eigenvalue weighted by molar-refractivity contribution is 1.16. The minimum atomic E-state index is -0.132. The molecular weight excluding hydrogens is 306 g/mol. The van der Waals surface area contributed by atoms with Crippen LogP contribution in [0.25, 0.3) is 22.0 Å². The molecule has 1 aromatic carbocycles. The second-order valence-electron chi connectivity index (χ2n) is 4.22. The molecule has 3 aromatic rings. The van der Waals surface area contributed by atoms with Gasteiger partial charge in [0.05, 0.1) is 17.2 Å². The highest BCUT2D eigenvalue weighted by molar-refractivity contribution is 9.10. The predicted octanol–water partition coefficient (Wildman–Crippen LogP) is 3.06. The molecule has 0 unspecified atom stereocenters. The van der Waals surface area contributed by atoms with E-state index in [0.29, 0.717) is 10.9 Å². The summed E-state index contributed by atoms with van der Waals surface area (Å²) in [5.41, 5.74) is 3.34. The van der Waals surface area contributed by atoms with E-state index in [1.165, 1.54) is 6.33 Å². The first-order valence-electron chi connectivity index (χ1n) is 5.76. The zero-order valence-electron chi connectivity index (χ0n) is 10.1. The van der Waals surface area contributed by atoms with E-state index in [1.807, 2.05) is 25.1 Å². The molecule has 0 spiro atoms. The van der Waals surface area contributed by atoms with Crippen LogP contribution in [0.4, 0.5) is 0 Å². The Morgan fingerprint density at radius 1 is 1.21 bits per heavy atom. The summed E-state index contributed by atoms with van der Waals surface area (Å²) in [4.78, 5) is 23.0. The molecule has 2 heterocycles. The molecule has 0 saturated heterocycles. The van der Waals surface area contributed by atoms with Crippen LogP contribution in [0.1, 0.15) is 5.69 Å². The Bertz CT molecular complexity index is 826. The van der Waals surface area contributed by atoms with Crippen molar-refractivity contribution in [2.75, 3.05) is 0 Å². The Hall–Kier alpha value is -2.01. The first-order chi connectivity index (χ1) is 9.16. The van der Waals surface area contributed by atoms with E-state index < -0.39 is 0 Å². The third-order valence-electron chi connectivity index (χ3n) is 3.01. The quantitative estimate of drug-likeness (QED) is 0.750. The normalized spacial score (nSPS) is 10.8. The first kappa shape index (κ1) is 12.0. The Balaban J connectivity index is 2.40. The van der Waals surface area contributed by atoms with Crippen LogP contribution in [0.15, 0.2) is 46.1 Å². The highest BCUT2D eigenvalue weighted by atomic mass is 79.9. The fourth-order valence-corrected chi connectivity index (χ4v) is 2.43. The van der Waals surface area contributed by atoms with Gasteiger partial charge in [-0.2, -0.15) is 0 Å². The van der Waals surface area contributed by atoms with Crippen molar-refractivity contribution >= 4 is 26.8 Å². The molecule has 5 heteroatoms. The van der Waals surface area contributed by atoms with Crippen LogP contribution in [0.5, 0.6) is 0 Å². The van der Waals surface area contributed by atoms with Gasteiger partial charge in [-0.1, -0.05) is 12.1 Å². The van der Waals surface area contributed by atoms with Crippen molar-refractivity contribution in [3.8, 4) is 11.1 Å². The highest BCUT2D eigenvalue weighted by Gasteiger charge is 2.10. The Kier molecular flexibility index (Phi) is 2.91. The van der Waals surface area contributed by atoms with E-state index >= 15 is 0 Å². The van der Waals surface area contributed by atoms with Crippen molar-refractivity contribution in [3.63, 3.8) is 0 Å². The van der Waals surface area contributed by atoms with Crippen LogP contribution < -0.4 is 5.56 Å². The van der Waals surface area contributed by atoms with Crippen LogP contribution in [-0.4, -0.2) is 15.0 Å². The molecule has 1 N–H and O–H groups in total. The number of aromatic amines is 1. The molecule has 0 saturated carbocycles. The number of benzene rings is 1. The number of hydrogen-bond donors (Lipinski definition) is 1. The van der Waals surface area contributed by atoms with Gasteiger partial charge in [0.2, 0.25) is 0 Å². The summed E-state index contributed by atoms with van der Waals surface area (Å²) in [6.07, 6.45) is 3.18. The van der Waals surface area contributed by atoms with E-state index in [4.69, 9.17) is 0 Å². The van der Waals surface area contributed by atoms with Crippen molar-refractivity contribution in [1.29, 1.82) is 0 Å². The van der Waals surface area contributed by atoms with Gasteiger partial charge in [-0.05, 0) is 35.0 Å². The highest BCUT2D eigenvalue weighted by Crippen LogP contribution is 2.29. The van der Waals surface area contributed by atoms with E-state index in [0.717, 1.165) is 21.3 Å². The fraction of sp³-hybridized carbons (Fsp3) is 0.0714. The minimum absolute atomic E-state index is 0.132. The molecule has 4 nitrogen and oxygen atoms in total. The predicted molar refractivity (Wildman–Crippen MR) is 78.0 cm³/mol. The van der Waals surface area contributed by atoms with E-state index in [-0.39, 0.29) is 5.56 Å². The molecule has 0 aliphatic heterocycles. The first-order valence-corrected chi connectivity index (χ1v) is 6.55. The average Bonchev–Trinajstić information content (AvgIpc) is 2.42. The molecule has 94 valence electrons. The number of halogens is 1. The van der Waals surface area contributed by atoms with Crippen molar-refractivity contribution in [3.05, 3.63) is 57.3 Å². The second kappa shape index (κ2) is 4.59. The largest absolute Gasteiger partial charge is 0.313 e. The molecule has 0 radical (unpaired) electrons. The number of fused-ring (bicyclic) bond motifs is 1. The number of aromatic nitrogens is 3. The maximum Gasteiger partial charge on any atom is 0.258 e. The molecule has 19 heavy (non-hydrogen) atoms. The molecule has 0 fully saturated rings. The molecule has 0 atom stereocenters. The summed E-state index contributed by atoms with van der Waals surface area (Å²) in [5.74, 6) is 0. The number of nitrogens with one attached hydrogen (secondary N) is 1. The number of nitrogens with zero attached hydrogens (tertiary/aromatic N) is 2. The summed E-state index contributed by atoms with van der Waals surface area (Å²) in [6, 6.07) is 7.56. The molecule has 3 rings (SSSR count). The molecule has 2 aromatic heterocycles. The molecule has 0 aliphatic rings. The maximum atomic E-state index is 11.8. The number of hydrogen-bond acceptors (Lipinski definition) is 3. The minimum Gasteiger partial charge on any atom is -0.313 e. The summed E-state index contributed by atoms with van der Waals surface area (Å²) < 4.78 is 0.898.